The van der Waals surface area contributed by atoms with E-state index in [1.165, 1.54) is 25.6 Å². The van der Waals surface area contributed by atoms with Gasteiger partial charge in [0.15, 0.2) is 5.65 Å². The van der Waals surface area contributed by atoms with Crippen LogP contribution in [0.15, 0.2) is 70.7 Å². The van der Waals surface area contributed by atoms with Gasteiger partial charge in [-0.3, -0.25) is 10.1 Å². The van der Waals surface area contributed by atoms with Gasteiger partial charge >= 0.3 is 6.09 Å². The van der Waals surface area contributed by atoms with E-state index >= 15 is 0 Å². The van der Waals surface area contributed by atoms with Crippen molar-refractivity contribution in [1.29, 1.82) is 0 Å². The van der Waals surface area contributed by atoms with E-state index in [4.69, 9.17) is 9.72 Å². The second-order valence-electron chi connectivity index (χ2n) is 13.2. The molecule has 1 unspecified atom stereocenters. The van der Waals surface area contributed by atoms with Gasteiger partial charge in [-0.25, -0.2) is 19.7 Å². The van der Waals surface area contributed by atoms with E-state index in [0.29, 0.717) is 28.6 Å². The Morgan fingerprint density at radius 2 is 1.67 bits per heavy atom. The zero-order valence-corrected chi connectivity index (χ0v) is 28.3. The first kappa shape index (κ1) is 33.2. The Bertz CT molecular complexity index is 1680. The number of rotatable bonds is 9. The Labute approximate surface area is 275 Å². The van der Waals surface area contributed by atoms with Crippen molar-refractivity contribution in [2.75, 3.05) is 10.6 Å². The van der Waals surface area contributed by atoms with Crippen LogP contribution in [0.3, 0.4) is 0 Å². The van der Waals surface area contributed by atoms with Gasteiger partial charge in [0.25, 0.3) is 5.91 Å². The summed E-state index contributed by atoms with van der Waals surface area (Å²) >= 11 is 1.54. The quantitative estimate of drug-likeness (QED) is 0.166. The monoisotopic (exact) mass is 640 g/mol. The summed E-state index contributed by atoms with van der Waals surface area (Å²) in [5.41, 5.74) is 2.95. The van der Waals surface area contributed by atoms with Gasteiger partial charge in [-0.2, -0.15) is 0 Å². The number of carbonyl (C=O) groups excluding carboxylic acids is 2. The van der Waals surface area contributed by atoms with Crippen LogP contribution in [0, 0.1) is 5.92 Å². The van der Waals surface area contributed by atoms with Crippen molar-refractivity contribution in [2.45, 2.75) is 101 Å². The zero-order valence-electron chi connectivity index (χ0n) is 27.5. The van der Waals surface area contributed by atoms with E-state index in [0.717, 1.165) is 39.4 Å². The van der Waals surface area contributed by atoms with Crippen LogP contribution in [0.1, 0.15) is 95.6 Å². The molecule has 1 aliphatic rings. The minimum absolute atomic E-state index is 0.0916. The van der Waals surface area contributed by atoms with Crippen LogP contribution >= 0.6 is 11.8 Å². The number of nitrogens with zero attached hydrogens (tertiary/aromatic N) is 3. The third kappa shape index (κ3) is 8.75. The van der Waals surface area contributed by atoms with Crippen LogP contribution in [0.25, 0.3) is 11.0 Å². The van der Waals surface area contributed by atoms with E-state index in [-0.39, 0.29) is 17.9 Å². The molecule has 0 saturated heterocycles. The molecule has 0 spiro atoms. The molecule has 0 bridgehead atoms. The second kappa shape index (κ2) is 14.5. The van der Waals surface area contributed by atoms with Crippen molar-refractivity contribution in [2.24, 2.45) is 5.92 Å². The maximum absolute atomic E-state index is 13.5. The summed E-state index contributed by atoms with van der Waals surface area (Å²) < 4.78 is 5.37. The lowest BCUT2D eigenvalue weighted by atomic mass is 9.84. The summed E-state index contributed by atoms with van der Waals surface area (Å²) in [6.45, 7) is 11.8. The van der Waals surface area contributed by atoms with Crippen molar-refractivity contribution in [1.82, 2.24) is 20.3 Å². The van der Waals surface area contributed by atoms with Gasteiger partial charge in [-0.05, 0) is 107 Å². The first-order valence-electron chi connectivity index (χ1n) is 16.1. The topological polar surface area (TPSA) is 118 Å². The van der Waals surface area contributed by atoms with Crippen LogP contribution in [-0.2, 0) is 4.74 Å². The summed E-state index contributed by atoms with van der Waals surface area (Å²) in [6.07, 6.45) is 7.05. The number of amides is 2. The molecule has 1 fully saturated rings. The number of hydrogen-bond acceptors (Lipinski definition) is 8. The molecule has 2 aromatic heterocycles. The molecule has 2 amide bonds. The average molecular weight is 641 g/mol. The van der Waals surface area contributed by atoms with Crippen molar-refractivity contribution >= 4 is 52.0 Å². The highest BCUT2D eigenvalue weighted by molar-refractivity contribution is 7.99. The Balaban J connectivity index is 1.41. The summed E-state index contributed by atoms with van der Waals surface area (Å²) in [6, 6.07) is 17.4. The first-order chi connectivity index (χ1) is 21.9. The minimum atomic E-state index is -0.581. The molecule has 1 aliphatic carbocycles. The highest BCUT2D eigenvalue weighted by Gasteiger charge is 2.23. The average Bonchev–Trinajstić information content (AvgIpc) is 3.02. The number of fused-ring (bicyclic) bond motifs is 1. The smallest absolute Gasteiger partial charge is 0.412 e. The maximum atomic E-state index is 13.5. The van der Waals surface area contributed by atoms with Crippen LogP contribution in [0.2, 0.25) is 0 Å². The largest absolute Gasteiger partial charge is 0.444 e. The number of pyridine rings is 1. The molecule has 1 saturated carbocycles. The highest BCUT2D eigenvalue weighted by Crippen LogP contribution is 2.37. The summed E-state index contributed by atoms with van der Waals surface area (Å²) in [5, 5.41) is 10.3. The third-order valence-corrected chi connectivity index (χ3v) is 9.13. The molecule has 3 N–H and O–H groups in total. The van der Waals surface area contributed by atoms with Gasteiger partial charge in [0.1, 0.15) is 17.7 Å². The van der Waals surface area contributed by atoms with Gasteiger partial charge in [0, 0.05) is 32.8 Å². The van der Waals surface area contributed by atoms with Crippen LogP contribution < -0.4 is 16.0 Å². The molecule has 2 heterocycles. The summed E-state index contributed by atoms with van der Waals surface area (Å²) in [5.74, 6) is 1.30. The predicted molar refractivity (Wildman–Crippen MR) is 185 cm³/mol. The SMILES string of the molecule is CC(C)c1ccc2c(Nc3cc(C(=O)NC(C)C4CCCCC4)ccc3Sc3ccc(NC(=O)OC(C)(C)C)cc3)ncnc2n1. The summed E-state index contributed by atoms with van der Waals surface area (Å²) in [4.78, 5) is 41.3. The lowest BCUT2D eigenvalue weighted by Crippen LogP contribution is -2.38. The van der Waals surface area contributed by atoms with Gasteiger partial charge < -0.3 is 15.4 Å². The van der Waals surface area contributed by atoms with Crippen molar-refractivity contribution in [3.63, 3.8) is 0 Å². The fraction of sp³-hybridized carbons (Fsp3) is 0.417. The zero-order chi connectivity index (χ0) is 32.8. The molecule has 4 aromatic rings. The molecule has 2 aromatic carbocycles. The molecule has 0 aliphatic heterocycles. The highest BCUT2D eigenvalue weighted by atomic mass is 32.2. The number of anilines is 3. The van der Waals surface area contributed by atoms with Crippen LogP contribution in [-0.4, -0.2) is 38.6 Å². The number of benzene rings is 2. The molecule has 1 atom stereocenters. The lowest BCUT2D eigenvalue weighted by Gasteiger charge is -2.28. The molecular weight excluding hydrogens is 597 g/mol. The van der Waals surface area contributed by atoms with Gasteiger partial charge in [0.2, 0.25) is 0 Å². The fourth-order valence-electron chi connectivity index (χ4n) is 5.56. The fourth-order valence-corrected chi connectivity index (χ4v) is 6.44. The van der Waals surface area contributed by atoms with Gasteiger partial charge in [-0.15, -0.1) is 0 Å². The van der Waals surface area contributed by atoms with Crippen molar-refractivity contribution in [3.05, 3.63) is 72.2 Å². The Kier molecular flexibility index (Phi) is 10.5. The molecule has 242 valence electrons. The number of nitrogens with one attached hydrogen (secondary N) is 3. The Hall–Kier alpha value is -4.18. The van der Waals surface area contributed by atoms with E-state index in [9.17, 15) is 9.59 Å². The van der Waals surface area contributed by atoms with Crippen molar-refractivity contribution < 1.29 is 14.3 Å². The van der Waals surface area contributed by atoms with Crippen molar-refractivity contribution in [3.8, 4) is 0 Å². The Morgan fingerprint density at radius 3 is 2.37 bits per heavy atom. The molecule has 5 rings (SSSR count). The van der Waals surface area contributed by atoms with Crippen LogP contribution in [0.4, 0.5) is 22.0 Å². The molecule has 9 nitrogen and oxygen atoms in total. The first-order valence-corrected chi connectivity index (χ1v) is 16.9. The van der Waals surface area contributed by atoms with E-state index in [2.05, 4.69) is 46.7 Å². The second-order valence-corrected chi connectivity index (χ2v) is 14.3. The summed E-state index contributed by atoms with van der Waals surface area (Å²) in [7, 11) is 0. The van der Waals surface area contributed by atoms with Gasteiger partial charge in [0.05, 0.1) is 11.1 Å². The van der Waals surface area contributed by atoms with E-state index < -0.39 is 11.7 Å². The Morgan fingerprint density at radius 1 is 0.935 bits per heavy atom. The minimum Gasteiger partial charge on any atom is -0.444 e. The maximum Gasteiger partial charge on any atom is 0.412 e. The number of aromatic nitrogens is 3. The lowest BCUT2D eigenvalue weighted by molar-refractivity contribution is 0.0635. The van der Waals surface area contributed by atoms with E-state index in [1.807, 2.05) is 75.4 Å². The standard InChI is InChI=1S/C36H44N6O3S/c1-22(2)29-18-17-28-32(41-29)37-21-38-33(28)42-30-20-25(34(43)39-23(3)24-10-8-7-9-11-24)12-19-31(30)46-27-15-13-26(14-16-27)40-35(44)45-36(4,5)6/h12-24H,7-11H2,1-6H3,(H,39,43)(H,40,44)(H,37,38,41,42). The van der Waals surface area contributed by atoms with Gasteiger partial charge in [-0.1, -0.05) is 44.9 Å². The van der Waals surface area contributed by atoms with E-state index in [1.54, 1.807) is 11.8 Å². The molecule has 0 radical (unpaired) electrons. The predicted octanol–water partition coefficient (Wildman–Crippen LogP) is 9.09. The number of carbonyl (C=O) groups is 2. The van der Waals surface area contributed by atoms with Crippen LogP contribution in [0.5, 0.6) is 0 Å². The molecular formula is C36H44N6O3S. The number of ether oxygens (including phenoxy) is 1. The molecule has 46 heavy (non-hydrogen) atoms. The normalized spacial score (nSPS) is 14.6. The number of hydrogen-bond donors (Lipinski definition) is 3. The molecule has 10 heteroatoms. The third-order valence-electron chi connectivity index (χ3n) is 8.05.